The Hall–Kier alpha value is -7.16. The third-order valence-electron chi connectivity index (χ3n) is 10.5. The first-order chi connectivity index (χ1) is 26.8. The van der Waals surface area contributed by atoms with Crippen molar-refractivity contribution in [3.63, 3.8) is 0 Å². The van der Waals surface area contributed by atoms with E-state index in [2.05, 4.69) is 217 Å². The van der Waals surface area contributed by atoms with Crippen LogP contribution in [0, 0.1) is 0 Å². The molecule has 0 fully saturated rings. The molecule has 0 bridgehead atoms. The zero-order chi connectivity index (χ0) is 35.8. The standard InChI is InChI=1S/C52H35NO/c1-3-14-36(15-4-1)37-26-31-41(32-27-37)53(49-25-12-11-19-43(49)38-16-5-2-6-17-38)42-33-28-40(29-34-42)45-23-13-24-48-46-21-9-10-22-47(46)51-44-20-8-7-18-39(44)30-35-50(51)54-52(45)48/h1-35H. The van der Waals surface area contributed by atoms with Crippen LogP contribution in [0.5, 0.6) is 11.5 Å². The second-order valence-electron chi connectivity index (χ2n) is 13.7. The first-order valence-electron chi connectivity index (χ1n) is 18.4. The van der Waals surface area contributed by atoms with Gasteiger partial charge in [-0.3, -0.25) is 0 Å². The number of hydrogen-bond acceptors (Lipinski definition) is 2. The fourth-order valence-corrected chi connectivity index (χ4v) is 7.93. The first kappa shape index (κ1) is 31.6. The largest absolute Gasteiger partial charge is 0.455 e. The van der Waals surface area contributed by atoms with Gasteiger partial charge in [-0.25, -0.2) is 0 Å². The normalized spacial score (nSPS) is 11.5. The second-order valence-corrected chi connectivity index (χ2v) is 13.7. The average Bonchev–Trinajstić information content (AvgIpc) is 3.40. The molecule has 0 unspecified atom stereocenters. The molecule has 254 valence electrons. The predicted octanol–water partition coefficient (Wildman–Crippen LogP) is 14.8. The first-order valence-corrected chi connectivity index (χ1v) is 18.4. The van der Waals surface area contributed by atoms with Crippen molar-refractivity contribution in [1.29, 1.82) is 0 Å². The summed E-state index contributed by atoms with van der Waals surface area (Å²) in [6, 6.07) is 75.6. The average molecular weight is 690 g/mol. The highest BCUT2D eigenvalue weighted by Crippen LogP contribution is 2.52. The second kappa shape index (κ2) is 13.4. The van der Waals surface area contributed by atoms with Gasteiger partial charge in [-0.2, -0.15) is 0 Å². The molecule has 1 aliphatic heterocycles. The van der Waals surface area contributed by atoms with Crippen molar-refractivity contribution in [3.8, 4) is 67.1 Å². The number of fused-ring (bicyclic) bond motifs is 7. The van der Waals surface area contributed by atoms with Crippen molar-refractivity contribution in [2.45, 2.75) is 0 Å². The lowest BCUT2D eigenvalue weighted by molar-refractivity contribution is 0.490. The van der Waals surface area contributed by atoms with Gasteiger partial charge in [-0.05, 0) is 80.6 Å². The molecule has 0 radical (unpaired) electrons. The van der Waals surface area contributed by atoms with Crippen LogP contribution in [-0.2, 0) is 0 Å². The van der Waals surface area contributed by atoms with E-state index < -0.39 is 0 Å². The molecule has 0 spiro atoms. The van der Waals surface area contributed by atoms with Crippen molar-refractivity contribution < 1.29 is 4.74 Å². The molecule has 1 aliphatic rings. The Morgan fingerprint density at radius 2 is 0.833 bits per heavy atom. The zero-order valence-corrected chi connectivity index (χ0v) is 29.6. The van der Waals surface area contributed by atoms with Gasteiger partial charge in [0.15, 0.2) is 0 Å². The summed E-state index contributed by atoms with van der Waals surface area (Å²) >= 11 is 0. The predicted molar refractivity (Wildman–Crippen MR) is 226 cm³/mol. The Morgan fingerprint density at radius 1 is 0.315 bits per heavy atom. The molecule has 9 aromatic rings. The molecule has 0 aromatic heterocycles. The van der Waals surface area contributed by atoms with E-state index in [9.17, 15) is 0 Å². The smallest absolute Gasteiger partial charge is 0.143 e. The SMILES string of the molecule is c1ccc(-c2ccc(N(c3ccc(-c4cccc5c4Oc4ccc6ccccc6c4-c4ccccc4-5)cc3)c3ccccc3-c3ccccc3)cc2)cc1. The van der Waals surface area contributed by atoms with Crippen molar-refractivity contribution in [2.24, 2.45) is 0 Å². The summed E-state index contributed by atoms with van der Waals surface area (Å²) < 4.78 is 7.00. The summed E-state index contributed by atoms with van der Waals surface area (Å²) in [5, 5.41) is 2.39. The van der Waals surface area contributed by atoms with Gasteiger partial charge in [0.25, 0.3) is 0 Å². The van der Waals surface area contributed by atoms with E-state index in [0.29, 0.717) is 0 Å². The minimum atomic E-state index is 0.867. The van der Waals surface area contributed by atoms with Crippen LogP contribution in [0.2, 0.25) is 0 Å². The summed E-state index contributed by atoms with van der Waals surface area (Å²) in [6.45, 7) is 0. The van der Waals surface area contributed by atoms with Crippen molar-refractivity contribution in [2.75, 3.05) is 4.90 Å². The van der Waals surface area contributed by atoms with Crippen LogP contribution in [-0.4, -0.2) is 0 Å². The van der Waals surface area contributed by atoms with Gasteiger partial charge < -0.3 is 9.64 Å². The van der Waals surface area contributed by atoms with Crippen molar-refractivity contribution in [1.82, 2.24) is 0 Å². The fraction of sp³-hybridized carbons (Fsp3) is 0. The Labute approximate surface area is 315 Å². The number of ether oxygens (including phenoxy) is 1. The van der Waals surface area contributed by atoms with E-state index in [0.717, 1.165) is 50.8 Å². The molecule has 1 heterocycles. The van der Waals surface area contributed by atoms with Crippen LogP contribution in [0.3, 0.4) is 0 Å². The van der Waals surface area contributed by atoms with Gasteiger partial charge in [0, 0.05) is 33.6 Å². The maximum Gasteiger partial charge on any atom is 0.143 e. The molecular formula is C52H35NO. The number of nitrogens with zero attached hydrogens (tertiary/aromatic N) is 1. The van der Waals surface area contributed by atoms with Crippen molar-refractivity contribution >= 4 is 27.8 Å². The molecule has 2 heteroatoms. The summed E-state index contributed by atoms with van der Waals surface area (Å²) in [5.74, 6) is 1.74. The third-order valence-corrected chi connectivity index (χ3v) is 10.5. The molecule has 0 amide bonds. The number of hydrogen-bond donors (Lipinski definition) is 0. The highest BCUT2D eigenvalue weighted by molar-refractivity contribution is 6.05. The van der Waals surface area contributed by atoms with Crippen LogP contribution in [0.15, 0.2) is 212 Å². The summed E-state index contributed by atoms with van der Waals surface area (Å²) in [4.78, 5) is 2.36. The monoisotopic (exact) mass is 689 g/mol. The lowest BCUT2D eigenvalue weighted by Crippen LogP contribution is -2.11. The Balaban J connectivity index is 1.10. The van der Waals surface area contributed by atoms with E-state index in [1.807, 2.05) is 0 Å². The molecule has 0 atom stereocenters. The molecule has 10 rings (SSSR count). The lowest BCUT2D eigenvalue weighted by atomic mass is 9.90. The molecule has 0 N–H and O–H groups in total. The van der Waals surface area contributed by atoms with Crippen molar-refractivity contribution in [3.05, 3.63) is 212 Å². The van der Waals surface area contributed by atoms with Gasteiger partial charge in [-0.15, -0.1) is 0 Å². The number of anilines is 3. The fourth-order valence-electron chi connectivity index (χ4n) is 7.93. The molecule has 2 nitrogen and oxygen atoms in total. The maximum atomic E-state index is 7.00. The van der Waals surface area contributed by atoms with Gasteiger partial charge in [-0.1, -0.05) is 176 Å². The molecular weight excluding hydrogens is 655 g/mol. The van der Waals surface area contributed by atoms with Crippen LogP contribution in [0.25, 0.3) is 66.4 Å². The van der Waals surface area contributed by atoms with E-state index in [4.69, 9.17) is 4.74 Å². The van der Waals surface area contributed by atoms with Crippen LogP contribution < -0.4 is 9.64 Å². The highest BCUT2D eigenvalue weighted by atomic mass is 16.5. The Kier molecular flexibility index (Phi) is 7.85. The number of benzene rings is 9. The Bertz CT molecular complexity index is 2770. The topological polar surface area (TPSA) is 12.5 Å². The minimum absolute atomic E-state index is 0.867. The number of rotatable bonds is 6. The molecule has 0 saturated heterocycles. The number of para-hydroxylation sites is 2. The molecule has 0 saturated carbocycles. The van der Waals surface area contributed by atoms with Gasteiger partial charge in [0.1, 0.15) is 11.5 Å². The maximum absolute atomic E-state index is 7.00. The molecule has 9 aromatic carbocycles. The van der Waals surface area contributed by atoms with E-state index >= 15 is 0 Å². The van der Waals surface area contributed by atoms with Gasteiger partial charge in [0.2, 0.25) is 0 Å². The van der Waals surface area contributed by atoms with Gasteiger partial charge in [0.05, 0.1) is 5.69 Å². The lowest BCUT2D eigenvalue weighted by Gasteiger charge is -2.28. The zero-order valence-electron chi connectivity index (χ0n) is 29.6. The summed E-state index contributed by atoms with van der Waals surface area (Å²) in [7, 11) is 0. The molecule has 0 aliphatic carbocycles. The van der Waals surface area contributed by atoms with E-state index in [1.165, 1.54) is 44.2 Å². The quantitative estimate of drug-likeness (QED) is 0.172. The summed E-state index contributed by atoms with van der Waals surface area (Å²) in [6.07, 6.45) is 0. The molecule has 54 heavy (non-hydrogen) atoms. The third kappa shape index (κ3) is 5.53. The Morgan fingerprint density at radius 3 is 1.57 bits per heavy atom. The van der Waals surface area contributed by atoms with Crippen LogP contribution in [0.4, 0.5) is 17.1 Å². The van der Waals surface area contributed by atoms with Gasteiger partial charge >= 0.3 is 0 Å². The summed E-state index contributed by atoms with van der Waals surface area (Å²) in [5.41, 5.74) is 14.7. The van der Waals surface area contributed by atoms with E-state index in [1.54, 1.807) is 0 Å². The highest BCUT2D eigenvalue weighted by Gasteiger charge is 2.25. The van der Waals surface area contributed by atoms with Crippen LogP contribution >= 0.6 is 0 Å². The van der Waals surface area contributed by atoms with Crippen LogP contribution in [0.1, 0.15) is 0 Å². The van der Waals surface area contributed by atoms with E-state index in [-0.39, 0.29) is 0 Å². The minimum Gasteiger partial charge on any atom is -0.455 e.